The highest BCUT2D eigenvalue weighted by Crippen LogP contribution is 2.36. The number of nitrogens with zero attached hydrogens (tertiary/aromatic N) is 2. The van der Waals surface area contributed by atoms with E-state index in [1.165, 1.54) is 30.0 Å². The van der Waals surface area contributed by atoms with E-state index in [1.807, 2.05) is 37.3 Å². The molecule has 0 fully saturated rings. The monoisotopic (exact) mass is 597 g/mol. The number of sulfonamides is 1. The van der Waals surface area contributed by atoms with Gasteiger partial charge in [-0.1, -0.05) is 55.8 Å². The second kappa shape index (κ2) is 14.2. The Morgan fingerprint density at radius 1 is 0.952 bits per heavy atom. The van der Waals surface area contributed by atoms with Crippen molar-refractivity contribution < 1.29 is 31.9 Å². The number of amides is 2. The van der Waals surface area contributed by atoms with E-state index < -0.39 is 34.3 Å². The van der Waals surface area contributed by atoms with E-state index in [1.54, 1.807) is 24.3 Å². The zero-order valence-electron chi connectivity index (χ0n) is 23.8. The Balaban J connectivity index is 1.72. The number of halogens is 1. The molecule has 42 heavy (non-hydrogen) atoms. The molecule has 0 aliphatic carbocycles. The molecule has 4 rings (SSSR count). The van der Waals surface area contributed by atoms with Gasteiger partial charge in [0.1, 0.15) is 18.4 Å². The number of nitrogens with one attached hydrogen (secondary N) is 1. The van der Waals surface area contributed by atoms with Gasteiger partial charge in [0.05, 0.1) is 11.4 Å². The fraction of sp³-hybridized carbons (Fsp3) is 0.355. The highest BCUT2D eigenvalue weighted by Gasteiger charge is 2.34. The largest absolute Gasteiger partial charge is 0.454 e. The standard InChI is InChI=1S/C31H36FN3O6S/c1-3-5-17-33-31(37)27(18-23-9-7-6-8-10-23)34(20-24-11-13-25(32)14-12-24)30(36)21-35(42(38,39)4-2)26-15-16-28-29(19-26)41-22-40-28/h6-16,19,27H,3-5,17-18,20-22H2,1-2H3,(H,33,37)/t27-/m1/s1. The predicted octanol–water partition coefficient (Wildman–Crippen LogP) is 4.27. The smallest absolute Gasteiger partial charge is 0.244 e. The summed E-state index contributed by atoms with van der Waals surface area (Å²) in [6.45, 7) is 3.38. The predicted molar refractivity (Wildman–Crippen MR) is 158 cm³/mol. The van der Waals surface area contributed by atoms with Crippen LogP contribution in [-0.2, 0) is 32.6 Å². The van der Waals surface area contributed by atoms with E-state index in [9.17, 15) is 22.4 Å². The summed E-state index contributed by atoms with van der Waals surface area (Å²) in [4.78, 5) is 29.2. The van der Waals surface area contributed by atoms with Gasteiger partial charge in [-0.15, -0.1) is 0 Å². The van der Waals surface area contributed by atoms with Gasteiger partial charge < -0.3 is 19.7 Å². The Labute approximate surface area is 246 Å². The van der Waals surface area contributed by atoms with Crippen LogP contribution in [0.2, 0.25) is 0 Å². The number of fused-ring (bicyclic) bond motifs is 1. The van der Waals surface area contributed by atoms with Gasteiger partial charge in [0.2, 0.25) is 28.6 Å². The molecule has 0 spiro atoms. The number of carbonyl (C=O) groups excluding carboxylic acids is 2. The normalized spacial score (nSPS) is 12.9. The zero-order chi connectivity index (χ0) is 30.1. The lowest BCUT2D eigenvalue weighted by Gasteiger charge is -2.33. The summed E-state index contributed by atoms with van der Waals surface area (Å²) < 4.78 is 52.1. The van der Waals surface area contributed by atoms with Crippen LogP contribution >= 0.6 is 0 Å². The molecule has 0 aromatic heterocycles. The fourth-order valence-corrected chi connectivity index (χ4v) is 5.66. The Bertz CT molecular complexity index is 1470. The van der Waals surface area contributed by atoms with Gasteiger partial charge in [-0.05, 0) is 48.7 Å². The minimum atomic E-state index is -3.92. The van der Waals surface area contributed by atoms with Crippen LogP contribution in [0.3, 0.4) is 0 Å². The maximum Gasteiger partial charge on any atom is 0.244 e. The van der Waals surface area contributed by atoms with Crippen molar-refractivity contribution in [2.24, 2.45) is 0 Å². The lowest BCUT2D eigenvalue weighted by atomic mass is 10.0. The van der Waals surface area contributed by atoms with Crippen molar-refractivity contribution in [3.63, 3.8) is 0 Å². The third-order valence-electron chi connectivity index (χ3n) is 6.99. The van der Waals surface area contributed by atoms with Crippen LogP contribution < -0.4 is 19.1 Å². The van der Waals surface area contributed by atoms with E-state index in [4.69, 9.17) is 9.47 Å². The first-order chi connectivity index (χ1) is 20.2. The number of hydrogen-bond acceptors (Lipinski definition) is 6. The van der Waals surface area contributed by atoms with E-state index >= 15 is 0 Å². The molecule has 0 radical (unpaired) electrons. The molecule has 3 aromatic carbocycles. The van der Waals surface area contributed by atoms with Crippen molar-refractivity contribution >= 4 is 27.5 Å². The Kier molecular flexibility index (Phi) is 10.4. The number of hydrogen-bond donors (Lipinski definition) is 1. The maximum absolute atomic E-state index is 14.2. The van der Waals surface area contributed by atoms with Crippen molar-refractivity contribution in [2.75, 3.05) is 29.9 Å². The average molecular weight is 598 g/mol. The fourth-order valence-electron chi connectivity index (χ4n) is 4.61. The molecule has 9 nitrogen and oxygen atoms in total. The minimum Gasteiger partial charge on any atom is -0.454 e. The lowest BCUT2D eigenvalue weighted by molar-refractivity contribution is -0.140. The number of unbranched alkanes of at least 4 members (excludes halogenated alkanes) is 1. The summed E-state index contributed by atoms with van der Waals surface area (Å²) in [6, 6.07) is 18.7. The molecule has 0 bridgehead atoms. The van der Waals surface area contributed by atoms with Gasteiger partial charge in [-0.25, -0.2) is 12.8 Å². The average Bonchev–Trinajstić information content (AvgIpc) is 3.47. The SMILES string of the molecule is CCCCNC(=O)[C@@H](Cc1ccccc1)N(Cc1ccc(F)cc1)C(=O)CN(c1ccc2c(c1)OCO2)S(=O)(=O)CC. The summed E-state index contributed by atoms with van der Waals surface area (Å²) in [5.41, 5.74) is 1.67. The van der Waals surface area contributed by atoms with Crippen molar-refractivity contribution in [2.45, 2.75) is 45.7 Å². The molecule has 11 heteroatoms. The van der Waals surface area contributed by atoms with Crippen LogP contribution in [-0.4, -0.2) is 56.8 Å². The maximum atomic E-state index is 14.2. The molecule has 1 atom stereocenters. The summed E-state index contributed by atoms with van der Waals surface area (Å²) in [5, 5.41) is 2.93. The van der Waals surface area contributed by atoms with E-state index in [2.05, 4.69) is 5.32 Å². The quantitative estimate of drug-likeness (QED) is 0.279. The molecule has 224 valence electrons. The van der Waals surface area contributed by atoms with Crippen molar-refractivity contribution in [1.82, 2.24) is 10.2 Å². The molecule has 0 saturated heterocycles. The molecular formula is C31H36FN3O6S. The first kappa shape index (κ1) is 30.8. The van der Waals surface area contributed by atoms with Crippen LogP contribution in [0.4, 0.5) is 10.1 Å². The molecule has 1 heterocycles. The summed E-state index contributed by atoms with van der Waals surface area (Å²) in [7, 11) is -3.92. The summed E-state index contributed by atoms with van der Waals surface area (Å²) >= 11 is 0. The first-order valence-corrected chi connectivity index (χ1v) is 15.6. The van der Waals surface area contributed by atoms with Crippen molar-refractivity contribution in [3.05, 3.63) is 89.7 Å². The van der Waals surface area contributed by atoms with Gasteiger partial charge in [0.25, 0.3) is 0 Å². The molecular weight excluding hydrogens is 561 g/mol. The third-order valence-corrected chi connectivity index (χ3v) is 8.73. The molecule has 1 N–H and O–H groups in total. The van der Waals surface area contributed by atoms with Crippen molar-refractivity contribution in [3.8, 4) is 11.5 Å². The molecule has 1 aliphatic heterocycles. The number of rotatable bonds is 14. The van der Waals surface area contributed by atoms with Crippen LogP contribution in [0.5, 0.6) is 11.5 Å². The lowest BCUT2D eigenvalue weighted by Crippen LogP contribution is -2.53. The van der Waals surface area contributed by atoms with Crippen LogP contribution in [0.1, 0.15) is 37.8 Å². The second-order valence-corrected chi connectivity index (χ2v) is 12.1. The van der Waals surface area contributed by atoms with E-state index in [0.717, 1.165) is 22.7 Å². The van der Waals surface area contributed by atoms with Gasteiger partial charge in [0, 0.05) is 25.6 Å². The molecule has 2 amide bonds. The summed E-state index contributed by atoms with van der Waals surface area (Å²) in [5.74, 6) is -0.771. The van der Waals surface area contributed by atoms with Gasteiger partial charge in [-0.3, -0.25) is 13.9 Å². The minimum absolute atomic E-state index is 0.0119. The van der Waals surface area contributed by atoms with Crippen LogP contribution in [0.25, 0.3) is 0 Å². The highest BCUT2D eigenvalue weighted by atomic mass is 32.2. The molecule has 0 unspecified atom stereocenters. The summed E-state index contributed by atoms with van der Waals surface area (Å²) in [6.07, 6.45) is 1.85. The van der Waals surface area contributed by atoms with Gasteiger partial charge in [-0.2, -0.15) is 0 Å². The Hall–Kier alpha value is -4.12. The van der Waals surface area contributed by atoms with Gasteiger partial charge in [0.15, 0.2) is 11.5 Å². The Morgan fingerprint density at radius 2 is 1.67 bits per heavy atom. The number of anilines is 1. The molecule has 1 aliphatic rings. The second-order valence-electron chi connectivity index (χ2n) is 9.94. The zero-order valence-corrected chi connectivity index (χ0v) is 24.6. The molecule has 0 saturated carbocycles. The van der Waals surface area contributed by atoms with E-state index in [0.29, 0.717) is 23.6 Å². The highest BCUT2D eigenvalue weighted by molar-refractivity contribution is 7.92. The Morgan fingerprint density at radius 3 is 2.36 bits per heavy atom. The van der Waals surface area contributed by atoms with Crippen molar-refractivity contribution in [1.29, 1.82) is 0 Å². The topological polar surface area (TPSA) is 105 Å². The third kappa shape index (κ3) is 7.79. The van der Waals surface area contributed by atoms with Gasteiger partial charge >= 0.3 is 0 Å². The number of carbonyl (C=O) groups is 2. The van der Waals surface area contributed by atoms with E-state index in [-0.39, 0.29) is 37.1 Å². The number of benzene rings is 3. The first-order valence-electron chi connectivity index (χ1n) is 14.0. The number of ether oxygens (including phenoxy) is 2. The van der Waals surface area contributed by atoms with Crippen LogP contribution in [0.15, 0.2) is 72.8 Å². The van der Waals surface area contributed by atoms with Crippen LogP contribution in [0, 0.1) is 5.82 Å². The molecule has 3 aromatic rings.